The molecule has 2 N–H and O–H groups in total. The van der Waals surface area contributed by atoms with Gasteiger partial charge in [0, 0.05) is 12.1 Å². The SMILES string of the molecule is CC(C)CC(C)(O)CNC(=O)c1ccc(F)c(Br)c1. The summed E-state index contributed by atoms with van der Waals surface area (Å²) in [5.74, 6) is -0.403. The van der Waals surface area contributed by atoms with E-state index in [9.17, 15) is 14.3 Å². The molecular weight excluding hydrogens is 313 g/mol. The second-order valence-electron chi connectivity index (χ2n) is 5.41. The lowest BCUT2D eigenvalue weighted by molar-refractivity contribution is 0.0368. The second-order valence-corrected chi connectivity index (χ2v) is 6.26. The van der Waals surface area contributed by atoms with Crippen LogP contribution < -0.4 is 5.32 Å². The van der Waals surface area contributed by atoms with Crippen molar-refractivity contribution in [1.29, 1.82) is 0 Å². The molecule has 19 heavy (non-hydrogen) atoms. The zero-order valence-corrected chi connectivity index (χ0v) is 12.9. The van der Waals surface area contributed by atoms with Gasteiger partial charge in [0.25, 0.3) is 5.91 Å². The van der Waals surface area contributed by atoms with Gasteiger partial charge in [-0.1, -0.05) is 13.8 Å². The van der Waals surface area contributed by atoms with Crippen LogP contribution >= 0.6 is 15.9 Å². The van der Waals surface area contributed by atoms with Crippen molar-refractivity contribution < 1.29 is 14.3 Å². The molecule has 0 saturated carbocycles. The Morgan fingerprint density at radius 3 is 2.68 bits per heavy atom. The number of amides is 1. The standard InChI is InChI=1S/C14H19BrFNO2/c1-9(2)7-14(3,19)8-17-13(18)10-4-5-12(16)11(15)6-10/h4-6,9,19H,7-8H2,1-3H3,(H,17,18). The fourth-order valence-corrected chi connectivity index (χ4v) is 2.34. The maximum atomic E-state index is 13.1. The van der Waals surface area contributed by atoms with Gasteiger partial charge in [-0.05, 0) is 53.4 Å². The minimum atomic E-state index is -0.943. The molecule has 1 rings (SSSR count). The van der Waals surface area contributed by atoms with E-state index in [1.807, 2.05) is 13.8 Å². The highest BCUT2D eigenvalue weighted by atomic mass is 79.9. The van der Waals surface area contributed by atoms with E-state index in [4.69, 9.17) is 0 Å². The summed E-state index contributed by atoms with van der Waals surface area (Å²) in [7, 11) is 0. The molecule has 0 spiro atoms. The van der Waals surface area contributed by atoms with Crippen LogP contribution in [0.25, 0.3) is 0 Å². The van der Waals surface area contributed by atoms with Crippen LogP contribution in [0.3, 0.4) is 0 Å². The fourth-order valence-electron chi connectivity index (χ4n) is 1.96. The van der Waals surface area contributed by atoms with Crippen LogP contribution in [-0.4, -0.2) is 23.2 Å². The number of hydrogen-bond donors (Lipinski definition) is 2. The maximum Gasteiger partial charge on any atom is 0.251 e. The molecule has 3 nitrogen and oxygen atoms in total. The fraction of sp³-hybridized carbons (Fsp3) is 0.500. The third kappa shape index (κ3) is 5.28. The predicted octanol–water partition coefficient (Wildman–Crippen LogP) is 3.12. The van der Waals surface area contributed by atoms with Crippen LogP contribution in [0.1, 0.15) is 37.6 Å². The van der Waals surface area contributed by atoms with Gasteiger partial charge in [-0.15, -0.1) is 0 Å². The summed E-state index contributed by atoms with van der Waals surface area (Å²) in [5, 5.41) is 12.8. The Bertz CT molecular complexity index is 461. The Morgan fingerprint density at radius 2 is 2.16 bits per heavy atom. The Morgan fingerprint density at radius 1 is 1.53 bits per heavy atom. The van der Waals surface area contributed by atoms with Gasteiger partial charge in [-0.2, -0.15) is 0 Å². The summed E-state index contributed by atoms with van der Waals surface area (Å²) in [5.41, 5.74) is -0.588. The summed E-state index contributed by atoms with van der Waals surface area (Å²) in [4.78, 5) is 11.9. The smallest absolute Gasteiger partial charge is 0.251 e. The molecule has 0 radical (unpaired) electrons. The molecule has 106 valence electrons. The van der Waals surface area contributed by atoms with Crippen LogP contribution in [-0.2, 0) is 0 Å². The molecule has 1 aromatic carbocycles. The number of aliphatic hydroxyl groups is 1. The molecule has 0 fully saturated rings. The number of hydrogen-bond acceptors (Lipinski definition) is 2. The number of carbonyl (C=O) groups excluding carboxylic acids is 1. The zero-order valence-electron chi connectivity index (χ0n) is 11.3. The minimum Gasteiger partial charge on any atom is -0.388 e. The van der Waals surface area contributed by atoms with E-state index in [1.165, 1.54) is 18.2 Å². The molecule has 0 saturated heterocycles. The molecule has 1 atom stereocenters. The third-order valence-corrected chi connectivity index (χ3v) is 3.27. The monoisotopic (exact) mass is 331 g/mol. The molecule has 0 aliphatic heterocycles. The van der Waals surface area contributed by atoms with Crippen molar-refractivity contribution in [2.75, 3.05) is 6.54 Å². The molecule has 5 heteroatoms. The number of halogens is 2. The lowest BCUT2D eigenvalue weighted by atomic mass is 9.94. The Hall–Kier alpha value is -0.940. The topological polar surface area (TPSA) is 49.3 Å². The van der Waals surface area contributed by atoms with Crippen LogP contribution in [0, 0.1) is 11.7 Å². The number of rotatable bonds is 5. The quantitative estimate of drug-likeness (QED) is 0.870. The minimum absolute atomic E-state index is 0.166. The summed E-state index contributed by atoms with van der Waals surface area (Å²) < 4.78 is 13.3. The summed E-state index contributed by atoms with van der Waals surface area (Å²) in [6, 6.07) is 4.06. The number of carbonyl (C=O) groups is 1. The van der Waals surface area contributed by atoms with Gasteiger partial charge >= 0.3 is 0 Å². The molecular formula is C14H19BrFNO2. The van der Waals surface area contributed by atoms with Gasteiger partial charge in [0.15, 0.2) is 0 Å². The third-order valence-electron chi connectivity index (χ3n) is 2.66. The van der Waals surface area contributed by atoms with Crippen LogP contribution in [0.15, 0.2) is 22.7 Å². The summed E-state index contributed by atoms with van der Waals surface area (Å²) in [6.07, 6.45) is 0.598. The van der Waals surface area contributed by atoms with Crippen molar-refractivity contribution in [2.24, 2.45) is 5.92 Å². The first-order chi connectivity index (χ1) is 8.71. The van der Waals surface area contributed by atoms with Crippen molar-refractivity contribution in [2.45, 2.75) is 32.8 Å². The van der Waals surface area contributed by atoms with Gasteiger partial charge in [-0.25, -0.2) is 4.39 Å². The molecule has 0 aromatic heterocycles. The second kappa shape index (κ2) is 6.48. The molecule has 0 aliphatic carbocycles. The summed E-state index contributed by atoms with van der Waals surface area (Å²) >= 11 is 3.03. The van der Waals surface area contributed by atoms with Crippen molar-refractivity contribution >= 4 is 21.8 Å². The Balaban J connectivity index is 2.62. The maximum absolute atomic E-state index is 13.1. The predicted molar refractivity (Wildman–Crippen MR) is 76.5 cm³/mol. The average Bonchev–Trinajstić information content (AvgIpc) is 2.28. The van der Waals surface area contributed by atoms with E-state index in [-0.39, 0.29) is 16.9 Å². The molecule has 1 unspecified atom stereocenters. The largest absolute Gasteiger partial charge is 0.388 e. The lowest BCUT2D eigenvalue weighted by Gasteiger charge is -2.25. The average molecular weight is 332 g/mol. The van der Waals surface area contributed by atoms with Gasteiger partial charge in [0.1, 0.15) is 5.82 Å². The highest BCUT2D eigenvalue weighted by molar-refractivity contribution is 9.10. The van der Waals surface area contributed by atoms with Crippen LogP contribution in [0.4, 0.5) is 4.39 Å². The first-order valence-corrected chi connectivity index (χ1v) is 6.96. The summed E-state index contributed by atoms with van der Waals surface area (Å²) in [6.45, 7) is 5.87. The first-order valence-electron chi connectivity index (χ1n) is 6.17. The van der Waals surface area contributed by atoms with E-state index in [2.05, 4.69) is 21.2 Å². The van der Waals surface area contributed by atoms with Crippen molar-refractivity contribution in [3.05, 3.63) is 34.1 Å². The van der Waals surface area contributed by atoms with Crippen molar-refractivity contribution in [3.63, 3.8) is 0 Å². The molecule has 0 bridgehead atoms. The van der Waals surface area contributed by atoms with Crippen LogP contribution in [0.5, 0.6) is 0 Å². The number of benzene rings is 1. The molecule has 0 aliphatic rings. The first kappa shape index (κ1) is 16.1. The van der Waals surface area contributed by atoms with E-state index in [0.717, 1.165) is 0 Å². The van der Waals surface area contributed by atoms with E-state index < -0.39 is 11.4 Å². The Kier molecular flexibility index (Phi) is 5.50. The van der Waals surface area contributed by atoms with Crippen LogP contribution in [0.2, 0.25) is 0 Å². The zero-order chi connectivity index (χ0) is 14.6. The molecule has 1 aromatic rings. The van der Waals surface area contributed by atoms with E-state index in [0.29, 0.717) is 17.9 Å². The van der Waals surface area contributed by atoms with E-state index >= 15 is 0 Å². The van der Waals surface area contributed by atoms with Gasteiger partial charge in [0.2, 0.25) is 0 Å². The molecule has 0 heterocycles. The van der Waals surface area contributed by atoms with Crippen molar-refractivity contribution in [3.8, 4) is 0 Å². The van der Waals surface area contributed by atoms with Crippen molar-refractivity contribution in [1.82, 2.24) is 5.32 Å². The Labute approximate surface area is 121 Å². The normalized spacial score (nSPS) is 14.3. The van der Waals surface area contributed by atoms with Gasteiger partial charge < -0.3 is 10.4 Å². The molecule has 1 amide bonds. The van der Waals surface area contributed by atoms with E-state index in [1.54, 1.807) is 6.92 Å². The highest BCUT2D eigenvalue weighted by Gasteiger charge is 2.22. The van der Waals surface area contributed by atoms with Gasteiger partial charge in [0.05, 0.1) is 10.1 Å². The lowest BCUT2D eigenvalue weighted by Crippen LogP contribution is -2.41. The number of nitrogens with one attached hydrogen (secondary N) is 1. The highest BCUT2D eigenvalue weighted by Crippen LogP contribution is 2.18. The van der Waals surface area contributed by atoms with Gasteiger partial charge in [-0.3, -0.25) is 4.79 Å².